The fraction of sp³-hybridized carbons (Fsp3) is 0.241. The van der Waals surface area contributed by atoms with Gasteiger partial charge < -0.3 is 24.6 Å². The topological polar surface area (TPSA) is 129 Å². The van der Waals surface area contributed by atoms with Gasteiger partial charge in [-0.2, -0.15) is 0 Å². The molecule has 0 aliphatic rings. The fourth-order valence-corrected chi connectivity index (χ4v) is 5.52. The number of hydrogen-bond acceptors (Lipinski definition) is 8. The van der Waals surface area contributed by atoms with Crippen molar-refractivity contribution in [3.63, 3.8) is 0 Å². The van der Waals surface area contributed by atoms with Crippen LogP contribution >= 0.6 is 0 Å². The predicted molar refractivity (Wildman–Crippen MR) is 151 cm³/mol. The molecule has 0 radical (unpaired) electrons. The monoisotopic (exact) mass is 565 g/mol. The van der Waals surface area contributed by atoms with Gasteiger partial charge in [-0.25, -0.2) is 12.4 Å². The van der Waals surface area contributed by atoms with E-state index in [-0.39, 0.29) is 17.1 Å². The first-order valence-electron chi connectivity index (χ1n) is 12.3. The lowest BCUT2D eigenvalue weighted by molar-refractivity contribution is 0.0922. The van der Waals surface area contributed by atoms with E-state index >= 15 is 0 Å². The van der Waals surface area contributed by atoms with Crippen LogP contribution in [0.2, 0.25) is 0 Å². The summed E-state index contributed by atoms with van der Waals surface area (Å²) in [5.41, 5.74) is 3.05. The standard InChI is InChI=1S/C29H31N3O7S/c1-18-6-8-24(9-7-18)40(35,36)32-16-23(21-10-22(15-30-14-21)29(34)31-19(2)17-33)11-25(32)20-12-26(37-3)28(39-5)27(13-20)38-4/h6-16,19,33H,17H2,1-5H3,(H,31,34). The van der Waals surface area contributed by atoms with E-state index < -0.39 is 22.0 Å². The third-order valence-electron chi connectivity index (χ3n) is 6.31. The van der Waals surface area contributed by atoms with Gasteiger partial charge in [0.15, 0.2) is 11.5 Å². The lowest BCUT2D eigenvalue weighted by Gasteiger charge is -2.16. The maximum atomic E-state index is 13.9. The number of aliphatic hydroxyl groups excluding tert-OH is 1. The molecule has 4 aromatic rings. The highest BCUT2D eigenvalue weighted by molar-refractivity contribution is 7.90. The Morgan fingerprint density at radius 1 is 0.950 bits per heavy atom. The molecular weight excluding hydrogens is 534 g/mol. The number of aliphatic hydroxyl groups is 1. The van der Waals surface area contributed by atoms with Gasteiger partial charge >= 0.3 is 0 Å². The number of hydrogen-bond donors (Lipinski definition) is 2. The summed E-state index contributed by atoms with van der Waals surface area (Å²) in [6, 6.07) is 12.8. The molecule has 2 N–H and O–H groups in total. The van der Waals surface area contributed by atoms with E-state index in [1.165, 1.54) is 37.7 Å². The van der Waals surface area contributed by atoms with Gasteiger partial charge in [0, 0.05) is 41.3 Å². The number of pyridine rings is 1. The van der Waals surface area contributed by atoms with Gasteiger partial charge in [-0.15, -0.1) is 0 Å². The summed E-state index contributed by atoms with van der Waals surface area (Å²) >= 11 is 0. The molecular formula is C29H31N3O7S. The highest BCUT2D eigenvalue weighted by Gasteiger charge is 2.25. The minimum atomic E-state index is -4.05. The third-order valence-corrected chi connectivity index (χ3v) is 8.00. The number of nitrogens with zero attached hydrogens (tertiary/aromatic N) is 2. The summed E-state index contributed by atoms with van der Waals surface area (Å²) in [4.78, 5) is 17.0. The van der Waals surface area contributed by atoms with Crippen LogP contribution in [-0.2, 0) is 10.0 Å². The first-order chi connectivity index (χ1) is 19.1. The van der Waals surface area contributed by atoms with Gasteiger partial charge in [-0.05, 0) is 50.2 Å². The predicted octanol–water partition coefficient (Wildman–Crippen LogP) is 3.90. The summed E-state index contributed by atoms with van der Waals surface area (Å²) in [6.45, 7) is 3.34. The number of benzene rings is 2. The molecule has 0 aliphatic heterocycles. The van der Waals surface area contributed by atoms with Crippen molar-refractivity contribution in [3.8, 4) is 39.6 Å². The van der Waals surface area contributed by atoms with Crippen LogP contribution < -0.4 is 19.5 Å². The largest absolute Gasteiger partial charge is 0.493 e. The number of nitrogens with one attached hydrogen (secondary N) is 1. The molecule has 0 spiro atoms. The van der Waals surface area contributed by atoms with Gasteiger partial charge in [-0.3, -0.25) is 9.78 Å². The molecule has 1 unspecified atom stereocenters. The van der Waals surface area contributed by atoms with E-state index in [2.05, 4.69) is 10.3 Å². The zero-order valence-electron chi connectivity index (χ0n) is 22.8. The van der Waals surface area contributed by atoms with E-state index in [0.717, 1.165) is 5.56 Å². The van der Waals surface area contributed by atoms with Crippen LogP contribution in [0.5, 0.6) is 17.2 Å². The molecule has 11 heteroatoms. The van der Waals surface area contributed by atoms with Crippen LogP contribution in [0.4, 0.5) is 0 Å². The number of carbonyl (C=O) groups is 1. The molecule has 2 aromatic heterocycles. The number of methoxy groups -OCH3 is 3. The maximum Gasteiger partial charge on any atom is 0.268 e. The quantitative estimate of drug-likeness (QED) is 0.296. The molecule has 10 nitrogen and oxygen atoms in total. The second kappa shape index (κ2) is 11.8. The Morgan fingerprint density at radius 3 is 2.17 bits per heavy atom. The zero-order valence-corrected chi connectivity index (χ0v) is 23.7. The van der Waals surface area contributed by atoms with Crippen molar-refractivity contribution in [2.45, 2.75) is 24.8 Å². The minimum Gasteiger partial charge on any atom is -0.493 e. The molecule has 40 heavy (non-hydrogen) atoms. The molecule has 1 amide bonds. The molecule has 0 fully saturated rings. The smallest absolute Gasteiger partial charge is 0.268 e. The number of amides is 1. The third kappa shape index (κ3) is 5.65. The number of aryl methyl sites for hydroxylation is 1. The zero-order chi connectivity index (χ0) is 29.0. The highest BCUT2D eigenvalue weighted by Crippen LogP contribution is 2.42. The first-order valence-corrected chi connectivity index (χ1v) is 13.8. The van der Waals surface area contributed by atoms with Crippen molar-refractivity contribution in [1.82, 2.24) is 14.3 Å². The number of carbonyl (C=O) groups excluding carboxylic acids is 1. The molecule has 210 valence electrons. The Morgan fingerprint density at radius 2 is 1.60 bits per heavy atom. The molecule has 2 aromatic carbocycles. The minimum absolute atomic E-state index is 0.109. The van der Waals surface area contributed by atoms with E-state index in [1.807, 2.05) is 6.92 Å². The lowest BCUT2D eigenvalue weighted by atomic mass is 10.1. The lowest BCUT2D eigenvalue weighted by Crippen LogP contribution is -2.35. The molecule has 1 atom stereocenters. The van der Waals surface area contributed by atoms with Crippen molar-refractivity contribution in [2.75, 3.05) is 27.9 Å². The Kier molecular flexibility index (Phi) is 8.46. The second-order valence-corrected chi connectivity index (χ2v) is 11.0. The van der Waals surface area contributed by atoms with Gasteiger partial charge in [0.05, 0.1) is 44.1 Å². The van der Waals surface area contributed by atoms with E-state index in [0.29, 0.717) is 39.6 Å². The SMILES string of the molecule is COc1cc(-c2cc(-c3cncc(C(=O)NC(C)CO)c3)cn2S(=O)(=O)c2ccc(C)cc2)cc(OC)c1OC. The van der Waals surface area contributed by atoms with Gasteiger partial charge in [-0.1, -0.05) is 17.7 Å². The summed E-state index contributed by atoms with van der Waals surface area (Å²) < 4.78 is 45.5. The number of aromatic nitrogens is 2. The molecule has 0 saturated heterocycles. The summed E-state index contributed by atoms with van der Waals surface area (Å²) in [5.74, 6) is 0.676. The van der Waals surface area contributed by atoms with Crippen molar-refractivity contribution >= 4 is 15.9 Å². The average Bonchev–Trinajstić information content (AvgIpc) is 3.43. The van der Waals surface area contributed by atoms with E-state index in [4.69, 9.17) is 14.2 Å². The molecule has 4 rings (SSSR count). The van der Waals surface area contributed by atoms with Crippen molar-refractivity contribution in [3.05, 3.63) is 78.2 Å². The fourth-order valence-electron chi connectivity index (χ4n) is 4.14. The molecule has 0 bridgehead atoms. The summed E-state index contributed by atoms with van der Waals surface area (Å²) in [6.07, 6.45) is 4.44. The van der Waals surface area contributed by atoms with Crippen LogP contribution in [0.15, 0.2) is 72.0 Å². The van der Waals surface area contributed by atoms with Crippen LogP contribution in [0.1, 0.15) is 22.8 Å². The van der Waals surface area contributed by atoms with Crippen molar-refractivity contribution in [2.24, 2.45) is 0 Å². The second-order valence-electron chi connectivity index (χ2n) is 9.16. The van der Waals surface area contributed by atoms with Crippen molar-refractivity contribution in [1.29, 1.82) is 0 Å². The first kappa shape index (κ1) is 28.7. The molecule has 0 saturated carbocycles. The van der Waals surface area contributed by atoms with Crippen LogP contribution in [0.3, 0.4) is 0 Å². The van der Waals surface area contributed by atoms with Crippen LogP contribution in [0.25, 0.3) is 22.4 Å². The Labute approximate surface area is 233 Å². The van der Waals surface area contributed by atoms with Gasteiger partial charge in [0.1, 0.15) is 0 Å². The number of rotatable bonds is 10. The maximum absolute atomic E-state index is 13.9. The van der Waals surface area contributed by atoms with Crippen molar-refractivity contribution < 1.29 is 32.5 Å². The van der Waals surface area contributed by atoms with E-state index in [1.54, 1.807) is 61.7 Å². The van der Waals surface area contributed by atoms with E-state index in [9.17, 15) is 18.3 Å². The Balaban J connectivity index is 1.92. The summed E-state index contributed by atoms with van der Waals surface area (Å²) in [7, 11) is 0.402. The normalized spacial score (nSPS) is 12.1. The Bertz CT molecular complexity index is 1600. The summed E-state index contributed by atoms with van der Waals surface area (Å²) in [5, 5.41) is 12.0. The highest BCUT2D eigenvalue weighted by atomic mass is 32.2. The number of ether oxygens (including phenoxy) is 3. The Hall–Kier alpha value is -4.35. The average molecular weight is 566 g/mol. The van der Waals surface area contributed by atoms with Crippen LogP contribution in [-0.4, -0.2) is 62.4 Å². The van der Waals surface area contributed by atoms with Gasteiger partial charge in [0.25, 0.3) is 15.9 Å². The van der Waals surface area contributed by atoms with Crippen LogP contribution in [0, 0.1) is 6.92 Å². The molecule has 0 aliphatic carbocycles. The molecule has 2 heterocycles. The van der Waals surface area contributed by atoms with Gasteiger partial charge in [0.2, 0.25) is 5.75 Å².